The van der Waals surface area contributed by atoms with Gasteiger partial charge in [0.15, 0.2) is 0 Å². The van der Waals surface area contributed by atoms with Crippen molar-refractivity contribution in [3.05, 3.63) is 102 Å². The largest absolute Gasteiger partial charge is 1.00 e. The first-order valence-electron chi connectivity index (χ1n) is 7.76. The SMILES string of the molecule is F[P-](F)(F)(F)(F)F.[H+].c1ccc(SC(c2ccccc2)c2ccccc2)cc1. The minimum atomic E-state index is -10.7. The van der Waals surface area contributed by atoms with E-state index in [2.05, 4.69) is 91.0 Å². The standard InChI is InChI=1S/C19H16S.F6P/c1-4-10-16(11-5-1)19(17-12-6-2-7-13-17)20-18-14-8-3-9-15-18;1-7(2,3,4,5)6/h1-15,19H;/q;-1/p+1. The van der Waals surface area contributed by atoms with Crippen molar-refractivity contribution >= 4 is 19.6 Å². The molecule has 146 valence electrons. The Balaban J connectivity index is 0.000000425. The Kier molecular flexibility index (Phi) is 5.97. The molecule has 0 aliphatic heterocycles. The van der Waals surface area contributed by atoms with Crippen LogP contribution in [-0.4, -0.2) is 0 Å². The number of hydrogen-bond donors (Lipinski definition) is 0. The Labute approximate surface area is 159 Å². The summed E-state index contributed by atoms with van der Waals surface area (Å²) >= 11 is 1.89. The first kappa shape index (κ1) is 21.3. The van der Waals surface area contributed by atoms with Crippen LogP contribution in [0.1, 0.15) is 17.8 Å². The van der Waals surface area contributed by atoms with Gasteiger partial charge in [-0.2, -0.15) is 0 Å². The second-order valence-electron chi connectivity index (χ2n) is 5.59. The fourth-order valence-corrected chi connectivity index (χ4v) is 3.39. The van der Waals surface area contributed by atoms with Gasteiger partial charge in [-0.15, -0.1) is 11.8 Å². The van der Waals surface area contributed by atoms with Crippen LogP contribution < -0.4 is 0 Å². The van der Waals surface area contributed by atoms with E-state index in [-0.39, 0.29) is 1.43 Å². The molecule has 27 heavy (non-hydrogen) atoms. The fourth-order valence-electron chi connectivity index (χ4n) is 2.22. The van der Waals surface area contributed by atoms with Gasteiger partial charge in [0, 0.05) is 4.90 Å². The van der Waals surface area contributed by atoms with Crippen molar-refractivity contribution in [3.63, 3.8) is 0 Å². The summed E-state index contributed by atoms with van der Waals surface area (Å²) in [4.78, 5) is 1.30. The normalized spacial score (nSPS) is 13.9. The molecule has 8 heteroatoms. The van der Waals surface area contributed by atoms with Gasteiger partial charge in [-0.3, -0.25) is 0 Å². The molecule has 0 N–H and O–H groups in total. The number of benzene rings is 3. The molecule has 0 spiro atoms. The van der Waals surface area contributed by atoms with Crippen LogP contribution in [0.25, 0.3) is 0 Å². The predicted octanol–water partition coefficient (Wildman–Crippen LogP) is 9.06. The molecule has 0 bridgehead atoms. The van der Waals surface area contributed by atoms with E-state index in [1.807, 2.05) is 11.8 Å². The summed E-state index contributed by atoms with van der Waals surface area (Å²) in [7, 11) is -10.7. The zero-order valence-corrected chi connectivity index (χ0v) is 15.6. The third-order valence-electron chi connectivity index (χ3n) is 3.20. The van der Waals surface area contributed by atoms with E-state index < -0.39 is 7.81 Å². The van der Waals surface area contributed by atoms with Crippen molar-refractivity contribution in [1.29, 1.82) is 0 Å². The molecule has 3 aromatic carbocycles. The summed E-state index contributed by atoms with van der Waals surface area (Å²) in [6.45, 7) is 0. The third-order valence-corrected chi connectivity index (χ3v) is 4.53. The molecule has 0 amide bonds. The maximum absolute atomic E-state index is 10.7. The number of hydrogen-bond acceptors (Lipinski definition) is 1. The first-order valence-corrected chi connectivity index (χ1v) is 10.7. The molecule has 0 heterocycles. The molecule has 3 rings (SSSR count). The van der Waals surface area contributed by atoms with Crippen LogP contribution in [-0.2, 0) is 0 Å². The van der Waals surface area contributed by atoms with Gasteiger partial charge < -0.3 is 0 Å². The minimum absolute atomic E-state index is 0. The Morgan fingerprint density at radius 1 is 0.556 bits per heavy atom. The molecular weight excluding hydrogens is 405 g/mol. The number of thioether (sulfide) groups is 1. The molecule has 0 aliphatic carbocycles. The van der Waals surface area contributed by atoms with Crippen LogP contribution >= 0.6 is 19.6 Å². The molecule has 0 radical (unpaired) electrons. The molecule has 0 atom stereocenters. The smallest absolute Gasteiger partial charge is 0.113 e. The maximum Gasteiger partial charge on any atom is 1.00 e. The van der Waals surface area contributed by atoms with E-state index in [0.29, 0.717) is 5.25 Å². The molecule has 0 saturated carbocycles. The monoisotopic (exact) mass is 422 g/mol. The fraction of sp³-hybridized carbons (Fsp3) is 0.0526. The molecule has 0 unspecified atom stereocenters. The average Bonchev–Trinajstić information content (AvgIpc) is 2.59. The van der Waals surface area contributed by atoms with Crippen molar-refractivity contribution < 1.29 is 26.6 Å². The van der Waals surface area contributed by atoms with E-state index in [0.717, 1.165) is 0 Å². The number of halogens is 6. The van der Waals surface area contributed by atoms with Crippen LogP contribution in [0.2, 0.25) is 0 Å². The van der Waals surface area contributed by atoms with Gasteiger partial charge in [0.1, 0.15) is 0 Å². The third kappa shape index (κ3) is 10.1. The zero-order valence-electron chi connectivity index (χ0n) is 14.9. The van der Waals surface area contributed by atoms with Crippen LogP contribution in [0.4, 0.5) is 25.2 Å². The number of rotatable bonds is 4. The average molecular weight is 422 g/mol. The quantitative estimate of drug-likeness (QED) is 0.230. The molecule has 0 saturated heterocycles. The van der Waals surface area contributed by atoms with Gasteiger partial charge in [0.05, 0.1) is 5.25 Å². The van der Waals surface area contributed by atoms with E-state index in [4.69, 9.17) is 0 Å². The molecule has 0 aliphatic rings. The Morgan fingerprint density at radius 2 is 0.852 bits per heavy atom. The Morgan fingerprint density at radius 3 is 1.19 bits per heavy atom. The van der Waals surface area contributed by atoms with Crippen LogP contribution in [0.15, 0.2) is 95.9 Å². The van der Waals surface area contributed by atoms with Gasteiger partial charge in [-0.05, 0) is 23.3 Å². The summed E-state index contributed by atoms with van der Waals surface area (Å²) in [6, 6.07) is 32.0. The first-order chi connectivity index (χ1) is 12.4. The summed E-state index contributed by atoms with van der Waals surface area (Å²) in [5.74, 6) is 0. The zero-order chi connectivity index (χ0) is 20.0. The van der Waals surface area contributed by atoms with E-state index in [1.54, 1.807) is 0 Å². The predicted molar refractivity (Wildman–Crippen MR) is 102 cm³/mol. The Bertz CT molecular complexity index is 793. The molecular formula is C19H17F6PS. The van der Waals surface area contributed by atoms with Crippen LogP contribution in [0.5, 0.6) is 0 Å². The van der Waals surface area contributed by atoms with Crippen LogP contribution in [0, 0.1) is 0 Å². The van der Waals surface area contributed by atoms with Crippen LogP contribution in [0.3, 0.4) is 0 Å². The molecule has 0 nitrogen and oxygen atoms in total. The summed E-state index contributed by atoms with van der Waals surface area (Å²) in [5, 5.41) is 0.333. The van der Waals surface area contributed by atoms with Crippen molar-refractivity contribution in [1.82, 2.24) is 0 Å². The molecule has 0 aromatic heterocycles. The Hall–Kier alpha value is -1.98. The maximum atomic E-state index is 9.87. The van der Waals surface area contributed by atoms with E-state index >= 15 is 0 Å². The van der Waals surface area contributed by atoms with Crippen molar-refractivity contribution in [2.24, 2.45) is 0 Å². The van der Waals surface area contributed by atoms with Crippen molar-refractivity contribution in [2.75, 3.05) is 0 Å². The van der Waals surface area contributed by atoms with Gasteiger partial charge in [0.2, 0.25) is 0 Å². The second kappa shape index (κ2) is 7.56. The molecule has 3 aromatic rings. The summed E-state index contributed by atoms with van der Waals surface area (Å²) in [6.07, 6.45) is 0. The van der Waals surface area contributed by atoms with Gasteiger partial charge in [0.25, 0.3) is 0 Å². The van der Waals surface area contributed by atoms with Crippen molar-refractivity contribution in [2.45, 2.75) is 10.1 Å². The van der Waals surface area contributed by atoms with Crippen molar-refractivity contribution in [3.8, 4) is 0 Å². The second-order valence-corrected chi connectivity index (χ2v) is 8.69. The van der Waals surface area contributed by atoms with E-state index in [1.165, 1.54) is 16.0 Å². The topological polar surface area (TPSA) is 0 Å². The summed E-state index contributed by atoms with van der Waals surface area (Å²) < 4.78 is 59.2. The van der Waals surface area contributed by atoms with Gasteiger partial charge >= 0.3 is 34.4 Å². The van der Waals surface area contributed by atoms with Gasteiger partial charge in [-0.25, -0.2) is 0 Å². The summed E-state index contributed by atoms with van der Waals surface area (Å²) in [5.41, 5.74) is 2.68. The minimum Gasteiger partial charge on any atom is -0.113 e. The van der Waals surface area contributed by atoms with Gasteiger partial charge in [-0.1, -0.05) is 78.9 Å². The molecule has 0 fully saturated rings. The van der Waals surface area contributed by atoms with E-state index in [9.17, 15) is 25.2 Å².